The molecule has 3 rings (SSSR count). The van der Waals surface area contributed by atoms with E-state index in [1.54, 1.807) is 0 Å². The van der Waals surface area contributed by atoms with Gasteiger partial charge in [0.05, 0.1) is 23.9 Å². The van der Waals surface area contributed by atoms with Gasteiger partial charge in [0.2, 0.25) is 0 Å². The summed E-state index contributed by atoms with van der Waals surface area (Å²) in [6.07, 6.45) is 2.54. The fourth-order valence-corrected chi connectivity index (χ4v) is 3.28. The molecule has 0 aromatic heterocycles. The maximum atomic E-state index is 12.5. The molecule has 1 atom stereocenters. The summed E-state index contributed by atoms with van der Waals surface area (Å²) >= 11 is 0. The summed E-state index contributed by atoms with van der Waals surface area (Å²) in [7, 11) is 0. The van der Waals surface area contributed by atoms with Gasteiger partial charge in [-0.3, -0.25) is 0 Å². The minimum Gasteiger partial charge on any atom is -0.463 e. The maximum absolute atomic E-state index is 12.5. The molecule has 3 heteroatoms. The first kappa shape index (κ1) is 17.0. The number of carbonyl (C=O) groups is 1. The predicted molar refractivity (Wildman–Crippen MR) is 101 cm³/mol. The Balaban J connectivity index is 2.04. The van der Waals surface area contributed by atoms with E-state index in [4.69, 9.17) is 4.74 Å². The van der Waals surface area contributed by atoms with E-state index >= 15 is 0 Å². The highest BCUT2D eigenvalue weighted by Crippen LogP contribution is 2.38. The van der Waals surface area contributed by atoms with Crippen molar-refractivity contribution in [3.8, 4) is 0 Å². The Morgan fingerprint density at radius 1 is 1.16 bits per heavy atom. The smallest absolute Gasteiger partial charge is 0.336 e. The number of esters is 1. The molecule has 1 unspecified atom stereocenters. The zero-order chi connectivity index (χ0) is 17.6. The van der Waals surface area contributed by atoms with Crippen molar-refractivity contribution in [3.05, 3.63) is 90.0 Å². The third-order valence-electron chi connectivity index (χ3n) is 4.42. The van der Waals surface area contributed by atoms with Gasteiger partial charge in [0.25, 0.3) is 0 Å². The molecule has 128 valence electrons. The summed E-state index contributed by atoms with van der Waals surface area (Å²) in [4.78, 5) is 14.8. The maximum Gasteiger partial charge on any atom is 0.336 e. The van der Waals surface area contributed by atoms with Gasteiger partial charge >= 0.3 is 5.97 Å². The minimum absolute atomic E-state index is 0.0785. The Bertz CT molecular complexity index is 765. The summed E-state index contributed by atoms with van der Waals surface area (Å²) < 4.78 is 5.31. The molecule has 0 aliphatic carbocycles. The molecule has 2 aromatic carbocycles. The first-order valence-corrected chi connectivity index (χ1v) is 8.63. The van der Waals surface area contributed by atoms with E-state index in [9.17, 15) is 4.79 Å². The lowest BCUT2D eigenvalue weighted by Crippen LogP contribution is -2.27. The van der Waals surface area contributed by atoms with Crippen LogP contribution >= 0.6 is 0 Å². The predicted octanol–water partition coefficient (Wildman–Crippen LogP) is 4.42. The van der Waals surface area contributed by atoms with Crippen molar-refractivity contribution in [1.82, 2.24) is 4.90 Å². The van der Waals surface area contributed by atoms with E-state index in [1.807, 2.05) is 61.5 Å². The molecule has 0 spiro atoms. The van der Waals surface area contributed by atoms with Gasteiger partial charge in [0, 0.05) is 13.0 Å². The number of carbonyl (C=O) groups excluding carboxylic acids is 1. The lowest BCUT2D eigenvalue weighted by molar-refractivity contribution is -0.138. The Morgan fingerprint density at radius 2 is 1.80 bits per heavy atom. The largest absolute Gasteiger partial charge is 0.463 e. The molecule has 0 bridgehead atoms. The second kappa shape index (κ2) is 7.84. The van der Waals surface area contributed by atoms with Crippen molar-refractivity contribution in [3.63, 3.8) is 0 Å². The fraction of sp³-hybridized carbons (Fsp3) is 0.227. The highest BCUT2D eigenvalue weighted by atomic mass is 16.5. The van der Waals surface area contributed by atoms with Crippen LogP contribution in [0.25, 0.3) is 5.70 Å². The van der Waals surface area contributed by atoms with Gasteiger partial charge in [-0.2, -0.15) is 0 Å². The molecule has 0 radical (unpaired) electrons. The fourth-order valence-electron chi connectivity index (χ4n) is 3.28. The van der Waals surface area contributed by atoms with E-state index in [2.05, 4.69) is 23.6 Å². The van der Waals surface area contributed by atoms with Crippen molar-refractivity contribution in [2.75, 3.05) is 6.61 Å². The quantitative estimate of drug-likeness (QED) is 0.579. The average Bonchev–Trinajstić information content (AvgIpc) is 3.02. The van der Waals surface area contributed by atoms with E-state index in [-0.39, 0.29) is 12.0 Å². The molecular weight excluding hydrogens is 310 g/mol. The van der Waals surface area contributed by atoms with Crippen LogP contribution in [0.3, 0.4) is 0 Å². The Hall–Kier alpha value is -2.81. The van der Waals surface area contributed by atoms with Gasteiger partial charge in [-0.1, -0.05) is 66.7 Å². The topological polar surface area (TPSA) is 29.5 Å². The first-order chi connectivity index (χ1) is 12.2. The van der Waals surface area contributed by atoms with Gasteiger partial charge in [-0.05, 0) is 18.1 Å². The van der Waals surface area contributed by atoms with Crippen molar-refractivity contribution < 1.29 is 9.53 Å². The summed E-state index contributed by atoms with van der Waals surface area (Å²) in [5, 5.41) is 0. The van der Waals surface area contributed by atoms with Crippen LogP contribution < -0.4 is 0 Å². The third-order valence-corrected chi connectivity index (χ3v) is 4.42. The first-order valence-electron chi connectivity index (χ1n) is 8.63. The van der Waals surface area contributed by atoms with Crippen molar-refractivity contribution >= 4 is 11.7 Å². The Kier molecular flexibility index (Phi) is 5.34. The molecule has 0 saturated carbocycles. The molecule has 0 N–H and O–H groups in total. The second-order valence-corrected chi connectivity index (χ2v) is 6.03. The molecule has 25 heavy (non-hydrogen) atoms. The van der Waals surface area contributed by atoms with Gasteiger partial charge in [0.1, 0.15) is 0 Å². The zero-order valence-electron chi connectivity index (χ0n) is 14.5. The molecule has 1 aliphatic heterocycles. The molecule has 0 amide bonds. The SMILES string of the molecule is C=CC1CC(C(=O)OCC)=C(c2ccccc2)N1Cc1ccccc1. The molecule has 3 nitrogen and oxygen atoms in total. The van der Waals surface area contributed by atoms with Crippen LogP contribution in [0.4, 0.5) is 0 Å². The van der Waals surface area contributed by atoms with Crippen LogP contribution in [0, 0.1) is 0 Å². The van der Waals surface area contributed by atoms with Gasteiger partial charge < -0.3 is 9.64 Å². The summed E-state index contributed by atoms with van der Waals surface area (Å²) in [5.74, 6) is -0.233. The third kappa shape index (κ3) is 3.66. The van der Waals surface area contributed by atoms with Gasteiger partial charge in [-0.15, -0.1) is 6.58 Å². The molecule has 1 heterocycles. The molecule has 2 aromatic rings. The second-order valence-electron chi connectivity index (χ2n) is 6.03. The van der Waals surface area contributed by atoms with E-state index in [1.165, 1.54) is 5.56 Å². The van der Waals surface area contributed by atoms with Crippen LogP contribution in [-0.2, 0) is 16.1 Å². The van der Waals surface area contributed by atoms with Crippen LogP contribution in [0.5, 0.6) is 0 Å². The lowest BCUT2D eigenvalue weighted by Gasteiger charge is -2.28. The number of hydrogen-bond donors (Lipinski definition) is 0. The van der Waals surface area contributed by atoms with E-state index in [0.717, 1.165) is 23.4 Å². The summed E-state index contributed by atoms with van der Waals surface area (Å²) in [5.41, 5.74) is 3.92. The number of ether oxygens (including phenoxy) is 1. The zero-order valence-corrected chi connectivity index (χ0v) is 14.5. The Labute approximate surface area is 149 Å². The van der Waals surface area contributed by atoms with Crippen LogP contribution in [-0.4, -0.2) is 23.5 Å². The van der Waals surface area contributed by atoms with Crippen molar-refractivity contribution in [2.45, 2.75) is 25.9 Å². The Morgan fingerprint density at radius 3 is 2.40 bits per heavy atom. The van der Waals surface area contributed by atoms with Crippen molar-refractivity contribution in [2.24, 2.45) is 0 Å². The summed E-state index contributed by atoms with van der Waals surface area (Å²) in [6.45, 7) is 6.92. The highest BCUT2D eigenvalue weighted by molar-refractivity contribution is 5.98. The standard InChI is InChI=1S/C22H23NO2/c1-3-19-15-20(22(24)25-4-2)21(18-13-9-6-10-14-18)23(19)16-17-11-7-5-8-12-17/h3,5-14,19H,1,4,15-16H2,2H3. The number of rotatable bonds is 6. The minimum atomic E-state index is -0.233. The normalized spacial score (nSPS) is 16.8. The number of hydrogen-bond acceptors (Lipinski definition) is 3. The molecule has 1 aliphatic rings. The highest BCUT2D eigenvalue weighted by Gasteiger charge is 2.34. The van der Waals surface area contributed by atoms with Crippen LogP contribution in [0.1, 0.15) is 24.5 Å². The van der Waals surface area contributed by atoms with Crippen LogP contribution in [0.2, 0.25) is 0 Å². The molecule has 0 fully saturated rings. The van der Waals surface area contributed by atoms with Crippen molar-refractivity contribution in [1.29, 1.82) is 0 Å². The van der Waals surface area contributed by atoms with E-state index in [0.29, 0.717) is 13.0 Å². The lowest BCUT2D eigenvalue weighted by atomic mass is 10.1. The van der Waals surface area contributed by atoms with Gasteiger partial charge in [-0.25, -0.2) is 4.79 Å². The summed E-state index contributed by atoms with van der Waals surface area (Å²) in [6, 6.07) is 20.4. The number of benzene rings is 2. The van der Waals surface area contributed by atoms with Gasteiger partial charge in [0.15, 0.2) is 0 Å². The van der Waals surface area contributed by atoms with E-state index < -0.39 is 0 Å². The monoisotopic (exact) mass is 333 g/mol. The molecular formula is C22H23NO2. The molecule has 0 saturated heterocycles. The average molecular weight is 333 g/mol. The number of nitrogens with zero attached hydrogens (tertiary/aromatic N) is 1. The van der Waals surface area contributed by atoms with Crippen LogP contribution in [0.15, 0.2) is 78.9 Å².